The van der Waals surface area contributed by atoms with E-state index in [1.165, 1.54) is 12.1 Å². The first-order valence-corrected chi connectivity index (χ1v) is 9.99. The Morgan fingerprint density at radius 3 is 2.47 bits per heavy atom. The van der Waals surface area contributed by atoms with Crippen LogP contribution in [0.5, 0.6) is 0 Å². The Labute approximate surface area is 182 Å². The molecule has 1 amide bonds. The lowest BCUT2D eigenvalue weighted by atomic mass is 9.99. The standard InChI is InChI=1S/C23H22F3N3O3/c24-23(25,26)11-9-20(29-18-13-17-3-1-2-4-19(17)28-14-18)15-5-7-16(8-6-15)22(32)27-12-10-21(30)31/h1-8,13-14,20,29H,9-12H2,(H,27,32)(H,30,31)/t20-/m1/s1. The van der Waals surface area contributed by atoms with Crippen LogP contribution in [0.3, 0.4) is 0 Å². The fourth-order valence-corrected chi connectivity index (χ4v) is 3.23. The number of aliphatic carboxylic acids is 1. The van der Waals surface area contributed by atoms with Gasteiger partial charge in [-0.15, -0.1) is 0 Å². The maximum Gasteiger partial charge on any atom is 0.389 e. The number of fused-ring (bicyclic) bond motifs is 1. The van der Waals surface area contributed by atoms with Crippen molar-refractivity contribution in [2.75, 3.05) is 11.9 Å². The summed E-state index contributed by atoms with van der Waals surface area (Å²) in [7, 11) is 0. The van der Waals surface area contributed by atoms with E-state index < -0.39 is 30.5 Å². The summed E-state index contributed by atoms with van der Waals surface area (Å²) in [5, 5.41) is 15.1. The molecule has 1 heterocycles. The molecule has 0 aliphatic rings. The van der Waals surface area contributed by atoms with Gasteiger partial charge in [0.25, 0.3) is 5.91 Å². The molecule has 0 saturated heterocycles. The smallest absolute Gasteiger partial charge is 0.389 e. The number of carbonyl (C=O) groups is 2. The molecule has 9 heteroatoms. The molecule has 0 aliphatic heterocycles. The molecule has 1 aromatic heterocycles. The number of alkyl halides is 3. The molecule has 3 rings (SSSR count). The van der Waals surface area contributed by atoms with Crippen LogP contribution in [-0.4, -0.2) is 34.7 Å². The fourth-order valence-electron chi connectivity index (χ4n) is 3.23. The van der Waals surface area contributed by atoms with Crippen LogP contribution in [0.2, 0.25) is 0 Å². The van der Waals surface area contributed by atoms with E-state index in [9.17, 15) is 22.8 Å². The number of rotatable bonds is 9. The predicted molar refractivity (Wildman–Crippen MR) is 114 cm³/mol. The van der Waals surface area contributed by atoms with Gasteiger partial charge in [-0.2, -0.15) is 13.2 Å². The molecule has 0 unspecified atom stereocenters. The number of anilines is 1. The van der Waals surface area contributed by atoms with Crippen molar-refractivity contribution in [2.45, 2.75) is 31.5 Å². The molecule has 2 aromatic carbocycles. The maximum atomic E-state index is 12.9. The summed E-state index contributed by atoms with van der Waals surface area (Å²) in [4.78, 5) is 27.0. The molecule has 0 bridgehead atoms. The Morgan fingerprint density at radius 1 is 1.06 bits per heavy atom. The number of amides is 1. The van der Waals surface area contributed by atoms with Crippen molar-refractivity contribution in [1.29, 1.82) is 0 Å². The fraction of sp³-hybridized carbons (Fsp3) is 0.261. The second kappa shape index (κ2) is 10.1. The van der Waals surface area contributed by atoms with Crippen molar-refractivity contribution in [3.63, 3.8) is 0 Å². The molecular weight excluding hydrogens is 423 g/mol. The third kappa shape index (κ3) is 6.69. The van der Waals surface area contributed by atoms with Crippen LogP contribution >= 0.6 is 0 Å². The lowest BCUT2D eigenvalue weighted by molar-refractivity contribution is -0.137. The summed E-state index contributed by atoms with van der Waals surface area (Å²) in [6, 6.07) is 14.8. The molecule has 3 N–H and O–H groups in total. The van der Waals surface area contributed by atoms with Crippen LogP contribution in [-0.2, 0) is 4.79 Å². The zero-order valence-corrected chi connectivity index (χ0v) is 17.0. The third-order valence-electron chi connectivity index (χ3n) is 4.85. The number of halogens is 3. The Hall–Kier alpha value is -3.62. The summed E-state index contributed by atoms with van der Waals surface area (Å²) in [6.07, 6.45) is -4.09. The Kier molecular flexibility index (Phi) is 7.29. The molecule has 0 spiro atoms. The average Bonchev–Trinajstić information content (AvgIpc) is 2.75. The predicted octanol–water partition coefficient (Wildman–Crippen LogP) is 4.94. The summed E-state index contributed by atoms with van der Waals surface area (Å²) < 4.78 is 38.7. The molecule has 168 valence electrons. The van der Waals surface area contributed by atoms with Crippen molar-refractivity contribution in [2.24, 2.45) is 0 Å². The first-order valence-electron chi connectivity index (χ1n) is 9.99. The number of nitrogens with one attached hydrogen (secondary N) is 2. The van der Waals surface area contributed by atoms with Crippen molar-refractivity contribution >= 4 is 28.5 Å². The van der Waals surface area contributed by atoms with Gasteiger partial charge in [-0.3, -0.25) is 14.6 Å². The maximum absolute atomic E-state index is 12.9. The Bertz CT molecular complexity index is 1090. The Morgan fingerprint density at radius 2 is 1.78 bits per heavy atom. The quantitative estimate of drug-likeness (QED) is 0.434. The van der Waals surface area contributed by atoms with Gasteiger partial charge >= 0.3 is 12.1 Å². The van der Waals surface area contributed by atoms with Gasteiger partial charge in [0.2, 0.25) is 0 Å². The van der Waals surface area contributed by atoms with Gasteiger partial charge in [0, 0.05) is 23.9 Å². The highest BCUT2D eigenvalue weighted by atomic mass is 19.4. The van der Waals surface area contributed by atoms with Gasteiger partial charge in [-0.1, -0.05) is 30.3 Å². The van der Waals surface area contributed by atoms with E-state index in [1.807, 2.05) is 30.3 Å². The number of pyridine rings is 1. The highest BCUT2D eigenvalue weighted by molar-refractivity contribution is 5.94. The number of carboxylic acid groups (broad SMARTS) is 1. The number of carbonyl (C=O) groups excluding carboxylic acids is 1. The van der Waals surface area contributed by atoms with Gasteiger partial charge in [0.1, 0.15) is 0 Å². The number of carboxylic acids is 1. The third-order valence-corrected chi connectivity index (χ3v) is 4.85. The van der Waals surface area contributed by atoms with Crippen LogP contribution in [0.15, 0.2) is 60.8 Å². The van der Waals surface area contributed by atoms with Gasteiger partial charge < -0.3 is 15.7 Å². The van der Waals surface area contributed by atoms with Crippen molar-refractivity contribution in [3.8, 4) is 0 Å². The average molecular weight is 445 g/mol. The molecule has 3 aromatic rings. The number of aromatic nitrogens is 1. The number of benzene rings is 2. The van der Waals surface area contributed by atoms with Crippen LogP contribution in [0.25, 0.3) is 10.9 Å². The zero-order chi connectivity index (χ0) is 23.1. The van der Waals surface area contributed by atoms with Gasteiger partial charge in [-0.25, -0.2) is 0 Å². The second-order valence-electron chi connectivity index (χ2n) is 7.29. The van der Waals surface area contributed by atoms with E-state index in [0.29, 0.717) is 16.8 Å². The summed E-state index contributed by atoms with van der Waals surface area (Å²) >= 11 is 0. The monoisotopic (exact) mass is 445 g/mol. The van der Waals surface area contributed by atoms with Gasteiger partial charge in [0.15, 0.2) is 0 Å². The van der Waals surface area contributed by atoms with Crippen molar-refractivity contribution in [1.82, 2.24) is 10.3 Å². The number of nitrogens with zero attached hydrogens (tertiary/aromatic N) is 1. The summed E-state index contributed by atoms with van der Waals surface area (Å²) in [6.45, 7) is -0.0132. The molecule has 1 atom stereocenters. The molecule has 32 heavy (non-hydrogen) atoms. The number of para-hydroxylation sites is 1. The normalized spacial score (nSPS) is 12.3. The molecule has 0 saturated carbocycles. The zero-order valence-electron chi connectivity index (χ0n) is 17.0. The van der Waals surface area contributed by atoms with Crippen molar-refractivity contribution in [3.05, 3.63) is 71.9 Å². The molecular formula is C23H22F3N3O3. The molecule has 0 fully saturated rings. The highest BCUT2D eigenvalue weighted by Crippen LogP contribution is 2.31. The lowest BCUT2D eigenvalue weighted by Crippen LogP contribution is -2.26. The van der Waals surface area contributed by atoms with E-state index in [1.54, 1.807) is 18.3 Å². The minimum absolute atomic E-state index is 0.0132. The van der Waals surface area contributed by atoms with E-state index in [-0.39, 0.29) is 19.4 Å². The van der Waals surface area contributed by atoms with E-state index in [0.717, 1.165) is 10.9 Å². The van der Waals surface area contributed by atoms with E-state index in [2.05, 4.69) is 15.6 Å². The number of hydrogen-bond acceptors (Lipinski definition) is 4. The van der Waals surface area contributed by atoms with Gasteiger partial charge in [-0.05, 0) is 36.2 Å². The summed E-state index contributed by atoms with van der Waals surface area (Å²) in [5.74, 6) is -1.47. The van der Waals surface area contributed by atoms with Crippen LogP contribution in [0.4, 0.5) is 18.9 Å². The van der Waals surface area contributed by atoms with Crippen LogP contribution < -0.4 is 10.6 Å². The SMILES string of the molecule is O=C(O)CCNC(=O)c1ccc([C@@H](CCC(F)(F)F)Nc2cnc3ccccc3c2)cc1. The number of hydrogen-bond donors (Lipinski definition) is 3. The van der Waals surface area contributed by atoms with E-state index >= 15 is 0 Å². The second-order valence-corrected chi connectivity index (χ2v) is 7.29. The lowest BCUT2D eigenvalue weighted by Gasteiger charge is -2.21. The van der Waals surface area contributed by atoms with Crippen molar-refractivity contribution < 1.29 is 27.9 Å². The van der Waals surface area contributed by atoms with E-state index in [4.69, 9.17) is 5.11 Å². The topological polar surface area (TPSA) is 91.3 Å². The molecule has 0 radical (unpaired) electrons. The minimum atomic E-state index is -4.30. The Balaban J connectivity index is 1.76. The first kappa shape index (κ1) is 23.1. The van der Waals surface area contributed by atoms with Gasteiger partial charge in [0.05, 0.1) is 29.9 Å². The largest absolute Gasteiger partial charge is 0.481 e. The van der Waals surface area contributed by atoms with Crippen LogP contribution in [0.1, 0.15) is 41.2 Å². The minimum Gasteiger partial charge on any atom is -0.481 e. The summed E-state index contributed by atoms with van der Waals surface area (Å²) in [5.41, 5.74) is 2.25. The first-order chi connectivity index (χ1) is 15.2. The molecule has 0 aliphatic carbocycles. The van der Waals surface area contributed by atoms with Crippen LogP contribution in [0, 0.1) is 0 Å². The molecule has 6 nitrogen and oxygen atoms in total. The highest BCUT2D eigenvalue weighted by Gasteiger charge is 2.29.